The molecule has 2 unspecified atom stereocenters. The molecule has 0 aliphatic carbocycles. The first kappa shape index (κ1) is 8.67. The average molecular weight is 175 g/mol. The Kier molecular flexibility index (Phi) is 2.29. The summed E-state index contributed by atoms with van der Waals surface area (Å²) in [4.78, 5) is 10.8. The highest BCUT2D eigenvalue weighted by Gasteiger charge is 2.39. The molecule has 4 nitrogen and oxygen atoms in total. The normalized spacial score (nSPS) is 36.6. The van der Waals surface area contributed by atoms with Crippen LogP contribution < -0.4 is 16.4 Å². The van der Waals surface area contributed by atoms with Crippen molar-refractivity contribution in [2.45, 2.75) is 18.6 Å². The lowest BCUT2D eigenvalue weighted by molar-refractivity contribution is 0.245. The number of thioether (sulfide) groups is 1. The van der Waals surface area contributed by atoms with Gasteiger partial charge in [-0.3, -0.25) is 0 Å². The monoisotopic (exact) mass is 175 g/mol. The van der Waals surface area contributed by atoms with Crippen molar-refractivity contribution < 1.29 is 4.79 Å². The summed E-state index contributed by atoms with van der Waals surface area (Å²) in [6, 6.07) is -0.170. The molecule has 1 aliphatic rings. The van der Waals surface area contributed by atoms with Gasteiger partial charge in [0.1, 0.15) is 5.66 Å². The summed E-state index contributed by atoms with van der Waals surface area (Å²) in [5.41, 5.74) is 5.32. The zero-order chi connectivity index (χ0) is 8.48. The van der Waals surface area contributed by atoms with Crippen molar-refractivity contribution in [2.75, 3.05) is 12.0 Å². The number of amides is 2. The largest absolute Gasteiger partial charge is 0.332 e. The lowest BCUT2D eigenvalue weighted by Gasteiger charge is -2.26. The van der Waals surface area contributed by atoms with Gasteiger partial charge in [-0.15, -0.1) is 0 Å². The maximum absolute atomic E-state index is 10.8. The third-order valence-electron chi connectivity index (χ3n) is 1.85. The average Bonchev–Trinajstić information content (AvgIpc) is 2.08. The van der Waals surface area contributed by atoms with E-state index >= 15 is 0 Å². The predicted molar refractivity (Wildman–Crippen MR) is 46.4 cm³/mol. The van der Waals surface area contributed by atoms with E-state index in [2.05, 4.69) is 10.6 Å². The van der Waals surface area contributed by atoms with Crippen molar-refractivity contribution in [1.82, 2.24) is 10.6 Å². The third kappa shape index (κ3) is 1.59. The van der Waals surface area contributed by atoms with Gasteiger partial charge < -0.3 is 16.4 Å². The Balaban J connectivity index is 2.62. The van der Waals surface area contributed by atoms with Crippen LogP contribution in [0.4, 0.5) is 4.79 Å². The summed E-state index contributed by atoms with van der Waals surface area (Å²) in [5.74, 6) is 0.729. The highest BCUT2D eigenvalue weighted by atomic mass is 32.2. The van der Waals surface area contributed by atoms with Gasteiger partial charge in [0, 0.05) is 5.75 Å². The van der Waals surface area contributed by atoms with Crippen molar-refractivity contribution in [3.8, 4) is 0 Å². The van der Waals surface area contributed by atoms with E-state index in [0.717, 1.165) is 5.75 Å². The Hall–Kier alpha value is -0.420. The minimum Gasteiger partial charge on any atom is -0.332 e. The lowest BCUT2D eigenvalue weighted by Crippen LogP contribution is -2.58. The van der Waals surface area contributed by atoms with E-state index in [-0.39, 0.29) is 12.1 Å². The van der Waals surface area contributed by atoms with E-state index in [1.54, 1.807) is 11.8 Å². The Morgan fingerprint density at radius 2 is 2.45 bits per heavy atom. The molecule has 0 aromatic heterocycles. The fraction of sp³-hybridized carbons (Fsp3) is 0.833. The number of carbonyl (C=O) groups is 1. The molecule has 11 heavy (non-hydrogen) atoms. The van der Waals surface area contributed by atoms with Crippen molar-refractivity contribution in [3.63, 3.8) is 0 Å². The van der Waals surface area contributed by atoms with Gasteiger partial charge >= 0.3 is 6.03 Å². The summed E-state index contributed by atoms with van der Waals surface area (Å²) in [7, 11) is 0. The van der Waals surface area contributed by atoms with Crippen LogP contribution in [-0.2, 0) is 0 Å². The lowest BCUT2D eigenvalue weighted by atomic mass is 10.1. The number of urea groups is 1. The smallest absolute Gasteiger partial charge is 0.316 e. The maximum atomic E-state index is 10.8. The molecule has 0 spiro atoms. The number of carbonyl (C=O) groups excluding carboxylic acids is 1. The van der Waals surface area contributed by atoms with Gasteiger partial charge in [0.2, 0.25) is 0 Å². The van der Waals surface area contributed by atoms with Crippen LogP contribution in [0, 0.1) is 0 Å². The van der Waals surface area contributed by atoms with Crippen LogP contribution in [0.25, 0.3) is 0 Å². The van der Waals surface area contributed by atoms with E-state index in [0.29, 0.717) is 0 Å². The van der Waals surface area contributed by atoms with Gasteiger partial charge in [0.15, 0.2) is 0 Å². The standard InChI is InChI=1S/C6H13N3OS/c1-4-6(7,3-11-2)9-5(10)8-4/h4H,3,7H2,1-2H3,(H2,8,9,10). The van der Waals surface area contributed by atoms with Crippen LogP contribution in [-0.4, -0.2) is 29.7 Å². The van der Waals surface area contributed by atoms with Crippen LogP contribution in [0.3, 0.4) is 0 Å². The topological polar surface area (TPSA) is 67.1 Å². The second-order valence-corrected chi connectivity index (χ2v) is 3.66. The molecule has 1 saturated heterocycles. The quantitative estimate of drug-likeness (QED) is 0.540. The molecule has 0 aromatic rings. The molecule has 4 N–H and O–H groups in total. The van der Waals surface area contributed by atoms with E-state index in [4.69, 9.17) is 5.73 Å². The second-order valence-electron chi connectivity index (χ2n) is 2.79. The molecule has 2 amide bonds. The Labute approximate surface area is 70.3 Å². The molecule has 1 aliphatic heterocycles. The van der Waals surface area contributed by atoms with E-state index < -0.39 is 5.66 Å². The summed E-state index contributed by atoms with van der Waals surface area (Å²) in [5, 5.41) is 5.39. The zero-order valence-corrected chi connectivity index (χ0v) is 7.49. The van der Waals surface area contributed by atoms with Gasteiger partial charge in [-0.05, 0) is 13.2 Å². The Morgan fingerprint density at radius 3 is 2.82 bits per heavy atom. The van der Waals surface area contributed by atoms with Gasteiger partial charge in [0.05, 0.1) is 6.04 Å². The summed E-state index contributed by atoms with van der Waals surface area (Å²) < 4.78 is 0. The van der Waals surface area contributed by atoms with Gasteiger partial charge in [-0.25, -0.2) is 4.79 Å². The molecule has 1 fully saturated rings. The maximum Gasteiger partial charge on any atom is 0.316 e. The first-order valence-electron chi connectivity index (χ1n) is 3.45. The molecule has 1 heterocycles. The number of rotatable bonds is 2. The number of hydrogen-bond donors (Lipinski definition) is 3. The number of hydrogen-bond acceptors (Lipinski definition) is 3. The molecule has 64 valence electrons. The van der Waals surface area contributed by atoms with Gasteiger partial charge in [-0.2, -0.15) is 11.8 Å². The van der Waals surface area contributed by atoms with E-state index in [9.17, 15) is 4.79 Å². The van der Waals surface area contributed by atoms with E-state index in [1.807, 2.05) is 13.2 Å². The minimum absolute atomic E-state index is 0.00227. The molecule has 0 bridgehead atoms. The molecule has 5 heteroatoms. The first-order chi connectivity index (χ1) is 5.08. The summed E-state index contributed by atoms with van der Waals surface area (Å²) >= 11 is 1.62. The molecule has 0 saturated carbocycles. The van der Waals surface area contributed by atoms with Gasteiger partial charge in [0.25, 0.3) is 0 Å². The predicted octanol–water partition coefficient (Wildman–Crippen LogP) is -0.294. The van der Waals surface area contributed by atoms with E-state index in [1.165, 1.54) is 0 Å². The second kappa shape index (κ2) is 2.91. The molecule has 0 aromatic carbocycles. The fourth-order valence-corrected chi connectivity index (χ4v) is 1.88. The third-order valence-corrected chi connectivity index (χ3v) is 2.62. The number of nitrogens with two attached hydrogens (primary N) is 1. The van der Waals surface area contributed by atoms with Crippen LogP contribution in [0.1, 0.15) is 6.92 Å². The number of nitrogens with one attached hydrogen (secondary N) is 2. The van der Waals surface area contributed by atoms with Crippen molar-refractivity contribution >= 4 is 17.8 Å². The SMILES string of the molecule is CSCC1(N)NC(=O)NC1C. The molecule has 2 atom stereocenters. The summed E-state index contributed by atoms with van der Waals surface area (Å²) in [6.45, 7) is 1.90. The zero-order valence-electron chi connectivity index (χ0n) is 6.68. The molecule has 0 radical (unpaired) electrons. The van der Waals surface area contributed by atoms with Gasteiger partial charge in [-0.1, -0.05) is 0 Å². The summed E-state index contributed by atoms with van der Waals surface area (Å²) in [6.07, 6.45) is 1.96. The van der Waals surface area contributed by atoms with Crippen LogP contribution >= 0.6 is 11.8 Å². The Bertz CT molecular complexity index is 175. The van der Waals surface area contributed by atoms with Crippen LogP contribution in [0.15, 0.2) is 0 Å². The van der Waals surface area contributed by atoms with Crippen LogP contribution in [0.2, 0.25) is 0 Å². The molecular weight excluding hydrogens is 162 g/mol. The minimum atomic E-state index is -0.573. The molecular formula is C6H13N3OS. The molecule has 1 rings (SSSR count). The van der Waals surface area contributed by atoms with Crippen molar-refractivity contribution in [2.24, 2.45) is 5.73 Å². The highest BCUT2D eigenvalue weighted by molar-refractivity contribution is 7.98. The fourth-order valence-electron chi connectivity index (χ4n) is 1.08. The Morgan fingerprint density at radius 1 is 1.82 bits per heavy atom. The van der Waals surface area contributed by atoms with Crippen molar-refractivity contribution in [1.29, 1.82) is 0 Å². The van der Waals surface area contributed by atoms with Crippen molar-refractivity contribution in [3.05, 3.63) is 0 Å². The first-order valence-corrected chi connectivity index (χ1v) is 4.84. The highest BCUT2D eigenvalue weighted by Crippen LogP contribution is 2.14. The van der Waals surface area contributed by atoms with Crippen LogP contribution in [0.5, 0.6) is 0 Å².